The Morgan fingerprint density at radius 2 is 2.00 bits per heavy atom. The van der Waals surface area contributed by atoms with Crippen LogP contribution in [0.4, 0.5) is 5.82 Å². The Morgan fingerprint density at radius 1 is 1.21 bits per heavy atom. The van der Waals surface area contributed by atoms with Gasteiger partial charge in [-0.1, -0.05) is 0 Å². The van der Waals surface area contributed by atoms with E-state index in [4.69, 9.17) is 15.3 Å². The molecule has 180 valence electrons. The van der Waals surface area contributed by atoms with E-state index in [1.165, 1.54) is 5.56 Å². The summed E-state index contributed by atoms with van der Waals surface area (Å²) < 4.78 is 6.40. The molecule has 1 amide bonds. The first kappa shape index (κ1) is 22.6. The Bertz CT molecular complexity index is 1060. The number of hydroxylamine groups is 1. The van der Waals surface area contributed by atoms with Gasteiger partial charge in [0.2, 0.25) is 5.91 Å². The topological polar surface area (TPSA) is 106 Å². The van der Waals surface area contributed by atoms with Gasteiger partial charge in [-0.05, 0) is 61.8 Å². The molecule has 5 heterocycles. The van der Waals surface area contributed by atoms with Crippen molar-refractivity contribution in [2.45, 2.75) is 37.8 Å². The van der Waals surface area contributed by atoms with Crippen molar-refractivity contribution >= 4 is 17.4 Å². The summed E-state index contributed by atoms with van der Waals surface area (Å²) in [5.74, 6) is 1.66. The summed E-state index contributed by atoms with van der Waals surface area (Å²) in [6, 6.07) is 7.72. The fourth-order valence-electron chi connectivity index (χ4n) is 5.24. The molecule has 34 heavy (non-hydrogen) atoms. The van der Waals surface area contributed by atoms with Crippen LogP contribution in [0.25, 0.3) is 5.70 Å². The number of nitrogens with two attached hydrogens (primary N) is 1. The zero-order chi connectivity index (χ0) is 23.5. The van der Waals surface area contributed by atoms with Crippen molar-refractivity contribution in [2.24, 2.45) is 5.92 Å². The minimum atomic E-state index is -0.455. The second-order valence-electron chi connectivity index (χ2n) is 9.35. The van der Waals surface area contributed by atoms with Crippen molar-refractivity contribution in [1.82, 2.24) is 25.2 Å². The third kappa shape index (κ3) is 4.71. The first-order chi connectivity index (χ1) is 16.5. The van der Waals surface area contributed by atoms with Crippen molar-refractivity contribution in [1.29, 1.82) is 0 Å². The van der Waals surface area contributed by atoms with Crippen LogP contribution in [0.3, 0.4) is 0 Å². The Balaban J connectivity index is 1.16. The molecule has 2 aromatic heterocycles. The van der Waals surface area contributed by atoms with Gasteiger partial charge in [-0.2, -0.15) is 0 Å². The molecule has 0 aliphatic carbocycles. The van der Waals surface area contributed by atoms with Gasteiger partial charge in [0.25, 0.3) is 0 Å². The number of carbonyl (C=O) groups is 1. The molecule has 1 spiro atoms. The molecular weight excluding hydrogens is 432 g/mol. The highest BCUT2D eigenvalue weighted by molar-refractivity contribution is 5.79. The minimum Gasteiger partial charge on any atom is -0.481 e. The average Bonchev–Trinajstić information content (AvgIpc) is 2.85. The van der Waals surface area contributed by atoms with Crippen LogP contribution < -0.4 is 16.0 Å². The number of fused-ring (bicyclic) bond motifs is 1. The van der Waals surface area contributed by atoms with Gasteiger partial charge in [0, 0.05) is 50.8 Å². The number of piperidine rings is 2. The molecule has 9 nitrogen and oxygen atoms in total. The second-order valence-corrected chi connectivity index (χ2v) is 9.35. The van der Waals surface area contributed by atoms with Crippen LogP contribution in [-0.4, -0.2) is 64.6 Å². The number of aromatic nitrogens is 2. The molecule has 3 N–H and O–H groups in total. The summed E-state index contributed by atoms with van der Waals surface area (Å²) in [5.41, 5.74) is 11.0. The lowest BCUT2D eigenvalue weighted by Gasteiger charge is -2.43. The van der Waals surface area contributed by atoms with Gasteiger partial charge in [0.15, 0.2) is 0 Å². The molecule has 2 fully saturated rings. The summed E-state index contributed by atoms with van der Waals surface area (Å²) in [6.07, 6.45) is 8.81. The summed E-state index contributed by atoms with van der Waals surface area (Å²) in [4.78, 5) is 31.4. The third-order valence-corrected chi connectivity index (χ3v) is 7.07. The number of hydrogen-bond donors (Lipinski definition) is 2. The molecule has 3 aliphatic rings. The van der Waals surface area contributed by atoms with E-state index in [2.05, 4.69) is 26.4 Å². The van der Waals surface area contributed by atoms with Crippen LogP contribution in [-0.2, 0) is 16.2 Å². The zero-order valence-corrected chi connectivity index (χ0v) is 19.6. The number of carbonyl (C=O) groups excluding carboxylic acids is 1. The first-order valence-corrected chi connectivity index (χ1v) is 11.9. The molecule has 9 heteroatoms. The summed E-state index contributed by atoms with van der Waals surface area (Å²) in [5, 5.41) is 0. The molecule has 0 aromatic carbocycles. The van der Waals surface area contributed by atoms with Crippen LogP contribution in [0.5, 0.6) is 5.75 Å². The normalized spacial score (nSPS) is 20.4. The lowest BCUT2D eigenvalue weighted by atomic mass is 9.86. The highest BCUT2D eigenvalue weighted by atomic mass is 16.6. The minimum absolute atomic E-state index is 0.0891. The summed E-state index contributed by atoms with van der Waals surface area (Å²) >= 11 is 0. The maximum absolute atomic E-state index is 13.3. The van der Waals surface area contributed by atoms with E-state index in [9.17, 15) is 4.79 Å². The van der Waals surface area contributed by atoms with Gasteiger partial charge in [-0.15, -0.1) is 0 Å². The van der Waals surface area contributed by atoms with Gasteiger partial charge in [-0.3, -0.25) is 25.0 Å². The van der Waals surface area contributed by atoms with Crippen molar-refractivity contribution in [3.05, 3.63) is 54.0 Å². The predicted octanol–water partition coefficient (Wildman–Crippen LogP) is 2.22. The molecular formula is C25H32N6O3. The smallest absolute Gasteiger partial charge is 0.225 e. The summed E-state index contributed by atoms with van der Waals surface area (Å²) in [7, 11) is 1.59. The molecule has 0 bridgehead atoms. The number of hydrogen-bond acceptors (Lipinski definition) is 8. The van der Waals surface area contributed by atoms with Gasteiger partial charge < -0.3 is 15.4 Å². The van der Waals surface area contributed by atoms with Gasteiger partial charge in [0.1, 0.15) is 22.9 Å². The van der Waals surface area contributed by atoms with Crippen LogP contribution in [0.15, 0.2) is 42.7 Å². The van der Waals surface area contributed by atoms with Crippen molar-refractivity contribution in [2.75, 3.05) is 39.0 Å². The van der Waals surface area contributed by atoms with Crippen LogP contribution in [0.1, 0.15) is 36.9 Å². The largest absolute Gasteiger partial charge is 0.481 e. The molecule has 0 saturated carbocycles. The van der Waals surface area contributed by atoms with Gasteiger partial charge >= 0.3 is 0 Å². The lowest BCUT2D eigenvalue weighted by Crippen LogP contribution is -2.52. The SMILES string of the molecule is CONC1=CC2(CCN(C(=O)C3CCN(Cc4ccnc(N)c4)CC3)CC2)Oc2cccnc21. The molecule has 0 atom stereocenters. The Labute approximate surface area is 199 Å². The van der Waals surface area contributed by atoms with E-state index in [0.717, 1.165) is 62.5 Å². The maximum Gasteiger partial charge on any atom is 0.225 e. The van der Waals surface area contributed by atoms with Crippen molar-refractivity contribution in [3.8, 4) is 5.75 Å². The maximum atomic E-state index is 13.3. The number of anilines is 1. The van der Waals surface area contributed by atoms with E-state index < -0.39 is 5.60 Å². The fourth-order valence-corrected chi connectivity index (χ4v) is 5.24. The second kappa shape index (κ2) is 9.60. The zero-order valence-electron chi connectivity index (χ0n) is 19.6. The molecule has 0 unspecified atom stereocenters. The third-order valence-electron chi connectivity index (χ3n) is 7.07. The van der Waals surface area contributed by atoms with E-state index >= 15 is 0 Å². The molecule has 2 aromatic rings. The monoisotopic (exact) mass is 464 g/mol. The van der Waals surface area contributed by atoms with Crippen LogP contribution in [0.2, 0.25) is 0 Å². The molecule has 5 rings (SSSR count). The number of rotatable bonds is 5. The summed E-state index contributed by atoms with van der Waals surface area (Å²) in [6.45, 7) is 4.04. The average molecular weight is 465 g/mol. The lowest BCUT2D eigenvalue weighted by molar-refractivity contribution is -0.139. The van der Waals surface area contributed by atoms with Crippen LogP contribution in [0, 0.1) is 5.92 Å². The Hall–Kier alpha value is -3.17. The van der Waals surface area contributed by atoms with E-state index in [1.54, 1.807) is 19.5 Å². The number of amides is 1. The standard InChI is InChI=1S/C25H32N6O3/c1-33-29-20-16-25(34-21-3-2-9-28-23(20)21)7-13-31(14-8-25)24(32)19-5-11-30(12-6-19)17-18-4-10-27-22(26)15-18/h2-4,9-10,15-16,19,29H,5-8,11-14,17H2,1H3,(H2,26,27). The van der Waals surface area contributed by atoms with E-state index in [0.29, 0.717) is 18.9 Å². The Morgan fingerprint density at radius 3 is 2.74 bits per heavy atom. The number of likely N-dealkylation sites (tertiary alicyclic amines) is 2. The number of nitrogens with zero attached hydrogens (tertiary/aromatic N) is 4. The van der Waals surface area contributed by atoms with Crippen molar-refractivity contribution in [3.63, 3.8) is 0 Å². The highest BCUT2D eigenvalue weighted by Gasteiger charge is 2.41. The molecule has 0 radical (unpaired) electrons. The number of ether oxygens (including phenoxy) is 1. The first-order valence-electron chi connectivity index (χ1n) is 11.9. The number of nitrogen functional groups attached to an aromatic ring is 1. The number of pyridine rings is 2. The predicted molar refractivity (Wildman–Crippen MR) is 128 cm³/mol. The van der Waals surface area contributed by atoms with Crippen molar-refractivity contribution < 1.29 is 14.4 Å². The quantitative estimate of drug-likeness (QED) is 0.649. The van der Waals surface area contributed by atoms with E-state index in [-0.39, 0.29) is 11.8 Å². The fraction of sp³-hybridized carbons (Fsp3) is 0.480. The molecule has 2 saturated heterocycles. The Kier molecular flexibility index (Phi) is 6.38. The highest BCUT2D eigenvalue weighted by Crippen LogP contribution is 2.39. The van der Waals surface area contributed by atoms with Gasteiger partial charge in [-0.25, -0.2) is 4.98 Å². The molecule has 3 aliphatic heterocycles. The number of nitrogens with one attached hydrogen (secondary N) is 1. The van der Waals surface area contributed by atoms with Gasteiger partial charge in [0.05, 0.1) is 12.8 Å². The van der Waals surface area contributed by atoms with Crippen LogP contribution >= 0.6 is 0 Å². The van der Waals surface area contributed by atoms with E-state index in [1.807, 2.05) is 29.2 Å².